The molecule has 0 aromatic heterocycles. The minimum atomic E-state index is -4.36. The molecule has 2 rings (SSSR count). The fourth-order valence-electron chi connectivity index (χ4n) is 1.75. The lowest BCUT2D eigenvalue weighted by molar-refractivity contribution is -0.138. The van der Waals surface area contributed by atoms with Crippen LogP contribution >= 0.6 is 11.8 Å². The van der Waals surface area contributed by atoms with E-state index in [-0.39, 0.29) is 6.42 Å². The van der Waals surface area contributed by atoms with Crippen LogP contribution in [-0.4, -0.2) is 11.1 Å². The summed E-state index contributed by atoms with van der Waals surface area (Å²) in [6.45, 7) is 0. The van der Waals surface area contributed by atoms with E-state index < -0.39 is 17.7 Å². The lowest BCUT2D eigenvalue weighted by atomic mass is 10.1. The molecular formula is C15H11F3O2S. The third kappa shape index (κ3) is 4.26. The Morgan fingerprint density at radius 3 is 2.24 bits per heavy atom. The van der Waals surface area contributed by atoms with Crippen LogP contribution in [0.25, 0.3) is 0 Å². The van der Waals surface area contributed by atoms with Crippen molar-refractivity contribution >= 4 is 17.7 Å². The van der Waals surface area contributed by atoms with E-state index in [0.717, 1.165) is 17.0 Å². The molecular weight excluding hydrogens is 301 g/mol. The number of hydrogen-bond donors (Lipinski definition) is 1. The van der Waals surface area contributed by atoms with E-state index in [4.69, 9.17) is 5.11 Å². The van der Waals surface area contributed by atoms with E-state index in [0.29, 0.717) is 10.5 Å². The van der Waals surface area contributed by atoms with Gasteiger partial charge in [-0.25, -0.2) is 0 Å². The van der Waals surface area contributed by atoms with Gasteiger partial charge in [0, 0.05) is 9.79 Å². The van der Waals surface area contributed by atoms with Crippen LogP contribution in [0.15, 0.2) is 58.3 Å². The van der Waals surface area contributed by atoms with E-state index in [9.17, 15) is 18.0 Å². The van der Waals surface area contributed by atoms with Gasteiger partial charge >= 0.3 is 12.1 Å². The maximum Gasteiger partial charge on any atom is 0.416 e. The summed E-state index contributed by atoms with van der Waals surface area (Å²) < 4.78 is 37.4. The standard InChI is InChI=1S/C15H11F3O2S/c16-15(17,18)11-5-7-12(8-6-11)21-13-4-2-1-3-10(13)9-14(19)20/h1-8H,9H2,(H,19,20). The molecule has 2 aromatic rings. The molecule has 0 bridgehead atoms. The van der Waals surface area contributed by atoms with Crippen LogP contribution in [-0.2, 0) is 17.4 Å². The van der Waals surface area contributed by atoms with Crippen molar-refractivity contribution in [3.63, 3.8) is 0 Å². The molecule has 0 aliphatic heterocycles. The van der Waals surface area contributed by atoms with Gasteiger partial charge < -0.3 is 5.11 Å². The second-order valence-electron chi connectivity index (χ2n) is 4.30. The Hall–Kier alpha value is -1.95. The molecule has 6 heteroatoms. The number of carboxylic acid groups (broad SMARTS) is 1. The fraction of sp³-hybridized carbons (Fsp3) is 0.133. The third-order valence-electron chi connectivity index (χ3n) is 2.72. The van der Waals surface area contributed by atoms with E-state index in [1.54, 1.807) is 24.3 Å². The maximum atomic E-state index is 12.5. The molecule has 0 radical (unpaired) electrons. The average molecular weight is 312 g/mol. The Kier molecular flexibility index (Phi) is 4.57. The highest BCUT2D eigenvalue weighted by Gasteiger charge is 2.29. The number of aliphatic carboxylic acids is 1. The average Bonchev–Trinajstić information content (AvgIpc) is 2.40. The van der Waals surface area contributed by atoms with Gasteiger partial charge in [0.25, 0.3) is 0 Å². The van der Waals surface area contributed by atoms with Gasteiger partial charge in [-0.1, -0.05) is 30.0 Å². The van der Waals surface area contributed by atoms with Gasteiger partial charge in [-0.05, 0) is 35.9 Å². The molecule has 0 heterocycles. The summed E-state index contributed by atoms with van der Waals surface area (Å²) in [5.41, 5.74) is -0.0689. The summed E-state index contributed by atoms with van der Waals surface area (Å²) in [5.74, 6) is -0.949. The van der Waals surface area contributed by atoms with Gasteiger partial charge in [-0.3, -0.25) is 4.79 Å². The number of carbonyl (C=O) groups is 1. The van der Waals surface area contributed by atoms with Crippen molar-refractivity contribution < 1.29 is 23.1 Å². The minimum Gasteiger partial charge on any atom is -0.481 e. The van der Waals surface area contributed by atoms with Crippen LogP contribution in [0.2, 0.25) is 0 Å². The van der Waals surface area contributed by atoms with Crippen molar-refractivity contribution in [2.75, 3.05) is 0 Å². The number of hydrogen-bond acceptors (Lipinski definition) is 2. The second kappa shape index (κ2) is 6.22. The topological polar surface area (TPSA) is 37.3 Å². The molecule has 0 aliphatic rings. The molecule has 2 nitrogen and oxygen atoms in total. The zero-order chi connectivity index (χ0) is 15.5. The lowest BCUT2D eigenvalue weighted by Gasteiger charge is -2.09. The predicted octanol–water partition coefficient (Wildman–Crippen LogP) is 4.48. The first-order chi connectivity index (χ1) is 9.86. The summed E-state index contributed by atoms with van der Waals surface area (Å²) in [6, 6.07) is 11.7. The van der Waals surface area contributed by atoms with Crippen LogP contribution in [0.5, 0.6) is 0 Å². The number of benzene rings is 2. The van der Waals surface area contributed by atoms with Crippen molar-refractivity contribution in [3.05, 3.63) is 59.7 Å². The number of rotatable bonds is 4. The van der Waals surface area contributed by atoms with Gasteiger partial charge in [-0.2, -0.15) is 13.2 Å². The highest BCUT2D eigenvalue weighted by atomic mass is 32.2. The Balaban J connectivity index is 2.20. The zero-order valence-electron chi connectivity index (χ0n) is 10.7. The van der Waals surface area contributed by atoms with Crippen molar-refractivity contribution in [2.24, 2.45) is 0 Å². The molecule has 0 spiro atoms. The lowest BCUT2D eigenvalue weighted by Crippen LogP contribution is -2.04. The quantitative estimate of drug-likeness (QED) is 0.904. The first-order valence-corrected chi connectivity index (χ1v) is 6.83. The van der Waals surface area contributed by atoms with Crippen molar-refractivity contribution in [2.45, 2.75) is 22.4 Å². The van der Waals surface area contributed by atoms with E-state index in [1.807, 2.05) is 0 Å². The van der Waals surface area contributed by atoms with Crippen LogP contribution in [0.1, 0.15) is 11.1 Å². The first kappa shape index (κ1) is 15.4. The highest BCUT2D eigenvalue weighted by molar-refractivity contribution is 7.99. The van der Waals surface area contributed by atoms with E-state index in [1.165, 1.54) is 23.9 Å². The van der Waals surface area contributed by atoms with E-state index >= 15 is 0 Å². The summed E-state index contributed by atoms with van der Waals surface area (Å²) in [7, 11) is 0. The van der Waals surface area contributed by atoms with Crippen molar-refractivity contribution in [1.29, 1.82) is 0 Å². The molecule has 0 unspecified atom stereocenters. The molecule has 1 N–H and O–H groups in total. The monoisotopic (exact) mass is 312 g/mol. The Labute approximate surface area is 123 Å². The molecule has 0 saturated carbocycles. The summed E-state index contributed by atoms with van der Waals surface area (Å²) in [6.07, 6.45) is -4.48. The smallest absolute Gasteiger partial charge is 0.416 e. The fourth-order valence-corrected chi connectivity index (χ4v) is 2.70. The predicted molar refractivity (Wildman–Crippen MR) is 73.3 cm³/mol. The van der Waals surface area contributed by atoms with Crippen LogP contribution < -0.4 is 0 Å². The Morgan fingerprint density at radius 2 is 1.67 bits per heavy atom. The van der Waals surface area contributed by atoms with Crippen molar-refractivity contribution in [1.82, 2.24) is 0 Å². The van der Waals surface area contributed by atoms with Crippen LogP contribution in [0.3, 0.4) is 0 Å². The summed E-state index contributed by atoms with van der Waals surface area (Å²) in [4.78, 5) is 12.1. The molecule has 0 fully saturated rings. The van der Waals surface area contributed by atoms with Gasteiger partial charge in [0.1, 0.15) is 0 Å². The Bertz CT molecular complexity index is 636. The molecule has 0 amide bonds. The number of alkyl halides is 3. The van der Waals surface area contributed by atoms with Gasteiger partial charge in [0.05, 0.1) is 12.0 Å². The summed E-state index contributed by atoms with van der Waals surface area (Å²) >= 11 is 1.24. The van der Waals surface area contributed by atoms with E-state index in [2.05, 4.69) is 0 Å². The maximum absolute atomic E-state index is 12.5. The normalized spacial score (nSPS) is 11.4. The van der Waals surface area contributed by atoms with Gasteiger partial charge in [0.15, 0.2) is 0 Å². The van der Waals surface area contributed by atoms with Crippen molar-refractivity contribution in [3.8, 4) is 0 Å². The molecule has 0 saturated heterocycles. The first-order valence-electron chi connectivity index (χ1n) is 6.01. The molecule has 21 heavy (non-hydrogen) atoms. The molecule has 0 aliphatic carbocycles. The third-order valence-corrected chi connectivity index (χ3v) is 3.85. The Morgan fingerprint density at radius 1 is 1.05 bits per heavy atom. The van der Waals surface area contributed by atoms with Crippen LogP contribution in [0.4, 0.5) is 13.2 Å². The molecule has 2 aromatic carbocycles. The number of carboxylic acids is 1. The second-order valence-corrected chi connectivity index (χ2v) is 5.42. The largest absolute Gasteiger partial charge is 0.481 e. The molecule has 110 valence electrons. The van der Waals surface area contributed by atoms with Gasteiger partial charge in [0.2, 0.25) is 0 Å². The highest BCUT2D eigenvalue weighted by Crippen LogP contribution is 2.34. The van der Waals surface area contributed by atoms with Crippen LogP contribution in [0, 0.1) is 0 Å². The molecule has 0 atom stereocenters. The SMILES string of the molecule is O=C(O)Cc1ccccc1Sc1ccc(C(F)(F)F)cc1. The minimum absolute atomic E-state index is 0.121. The zero-order valence-corrected chi connectivity index (χ0v) is 11.5. The number of halogens is 3. The van der Waals surface area contributed by atoms with Gasteiger partial charge in [-0.15, -0.1) is 0 Å². The summed E-state index contributed by atoms with van der Waals surface area (Å²) in [5, 5.41) is 8.85.